The molecule has 0 aromatic carbocycles. The molecule has 0 fully saturated rings. The molecule has 0 spiro atoms. The van der Waals surface area contributed by atoms with Crippen LogP contribution in [0.1, 0.15) is 40.0 Å². The summed E-state index contributed by atoms with van der Waals surface area (Å²) in [5.41, 5.74) is 0. The molecule has 0 saturated heterocycles. The van der Waals surface area contributed by atoms with E-state index in [1.807, 2.05) is 0 Å². The van der Waals surface area contributed by atoms with Gasteiger partial charge in [-0.15, -0.1) is 0 Å². The molecule has 0 radical (unpaired) electrons. The van der Waals surface area contributed by atoms with Gasteiger partial charge in [0.25, 0.3) is 0 Å². The highest BCUT2D eigenvalue weighted by molar-refractivity contribution is 8.14. The summed E-state index contributed by atoms with van der Waals surface area (Å²) in [7, 11) is 0. The summed E-state index contributed by atoms with van der Waals surface area (Å²) in [4.78, 5) is 11.0. The quantitative estimate of drug-likeness (QED) is 0.629. The van der Waals surface area contributed by atoms with Crippen LogP contribution in [0, 0.1) is 0 Å². The highest BCUT2D eigenvalue weighted by Crippen LogP contribution is 2.14. The Kier molecular flexibility index (Phi) is 5.79. The first-order valence-corrected chi connectivity index (χ1v) is 4.74. The summed E-state index contributed by atoms with van der Waals surface area (Å²) in [6, 6.07) is 0. The first-order chi connectivity index (χ1) is 4.66. The predicted molar refractivity (Wildman–Crippen MR) is 47.3 cm³/mol. The normalized spacial score (nSPS) is 10.4. The fourth-order valence-corrected chi connectivity index (χ4v) is 1.43. The smallest absolute Gasteiger partial charge is 0.189 e. The second-order valence-electron chi connectivity index (χ2n) is 2.64. The minimum Gasteiger partial charge on any atom is -0.287 e. The molecule has 0 saturated carbocycles. The van der Waals surface area contributed by atoms with Crippen molar-refractivity contribution in [3.05, 3.63) is 0 Å². The molecule has 2 heteroatoms. The van der Waals surface area contributed by atoms with E-state index in [0.29, 0.717) is 10.4 Å². The van der Waals surface area contributed by atoms with Crippen LogP contribution >= 0.6 is 11.8 Å². The molecule has 0 aliphatic carbocycles. The van der Waals surface area contributed by atoms with E-state index in [4.69, 9.17) is 0 Å². The van der Waals surface area contributed by atoms with Crippen molar-refractivity contribution in [3.63, 3.8) is 0 Å². The van der Waals surface area contributed by atoms with Gasteiger partial charge in [-0.25, -0.2) is 0 Å². The van der Waals surface area contributed by atoms with Gasteiger partial charge in [-0.3, -0.25) is 4.79 Å². The van der Waals surface area contributed by atoms with Crippen molar-refractivity contribution in [1.29, 1.82) is 0 Å². The summed E-state index contributed by atoms with van der Waals surface area (Å²) < 4.78 is 0. The lowest BCUT2D eigenvalue weighted by atomic mass is 10.3. The van der Waals surface area contributed by atoms with Crippen molar-refractivity contribution >= 4 is 16.9 Å². The minimum atomic E-state index is 0.344. The van der Waals surface area contributed by atoms with Crippen molar-refractivity contribution in [2.75, 3.05) is 0 Å². The average molecular weight is 160 g/mol. The zero-order valence-electron chi connectivity index (χ0n) is 7.02. The maximum atomic E-state index is 11.0. The van der Waals surface area contributed by atoms with Crippen molar-refractivity contribution in [2.45, 2.75) is 45.3 Å². The van der Waals surface area contributed by atoms with Crippen LogP contribution < -0.4 is 0 Å². The lowest BCUT2D eigenvalue weighted by Gasteiger charge is -2.01. The van der Waals surface area contributed by atoms with Crippen molar-refractivity contribution in [2.24, 2.45) is 0 Å². The number of carbonyl (C=O) groups is 1. The Labute approximate surface area is 67.6 Å². The fraction of sp³-hybridized carbons (Fsp3) is 0.875. The molecule has 0 heterocycles. The average Bonchev–Trinajstić information content (AvgIpc) is 1.82. The van der Waals surface area contributed by atoms with E-state index in [1.54, 1.807) is 0 Å². The molecule has 0 aromatic rings. The van der Waals surface area contributed by atoms with Gasteiger partial charge in [0.2, 0.25) is 0 Å². The molecule has 0 rings (SSSR count). The molecule has 0 unspecified atom stereocenters. The number of unbranched alkanes of at least 4 members (excludes halogenated alkanes) is 1. The second-order valence-corrected chi connectivity index (χ2v) is 4.28. The molecular weight excluding hydrogens is 144 g/mol. The Balaban J connectivity index is 3.26. The van der Waals surface area contributed by atoms with E-state index < -0.39 is 0 Å². The van der Waals surface area contributed by atoms with Gasteiger partial charge in [0, 0.05) is 11.7 Å². The predicted octanol–water partition coefficient (Wildman–Crippen LogP) is 2.84. The van der Waals surface area contributed by atoms with E-state index in [-0.39, 0.29) is 0 Å². The SMILES string of the molecule is CCCCC(=O)SC(C)C. The molecule has 0 atom stereocenters. The van der Waals surface area contributed by atoms with Gasteiger partial charge >= 0.3 is 0 Å². The first kappa shape index (κ1) is 10.0. The zero-order valence-corrected chi connectivity index (χ0v) is 7.83. The number of hydrogen-bond donors (Lipinski definition) is 0. The number of hydrogen-bond acceptors (Lipinski definition) is 2. The van der Waals surface area contributed by atoms with Crippen LogP contribution in [0.2, 0.25) is 0 Å². The Morgan fingerprint density at radius 3 is 2.50 bits per heavy atom. The highest BCUT2D eigenvalue weighted by Gasteiger charge is 2.03. The Morgan fingerprint density at radius 2 is 2.10 bits per heavy atom. The Morgan fingerprint density at radius 1 is 1.50 bits per heavy atom. The molecule has 0 aromatic heterocycles. The molecule has 1 nitrogen and oxygen atoms in total. The summed E-state index contributed by atoms with van der Waals surface area (Å²) in [5, 5.41) is 0.793. The van der Waals surface area contributed by atoms with Gasteiger partial charge in [0.05, 0.1) is 0 Å². The molecule has 0 amide bonds. The third kappa shape index (κ3) is 6.14. The van der Waals surface area contributed by atoms with Gasteiger partial charge in [0.1, 0.15) is 0 Å². The topological polar surface area (TPSA) is 17.1 Å². The third-order valence-corrected chi connectivity index (χ3v) is 2.04. The lowest BCUT2D eigenvalue weighted by Crippen LogP contribution is -1.97. The van der Waals surface area contributed by atoms with Crippen LogP contribution in [-0.4, -0.2) is 10.4 Å². The van der Waals surface area contributed by atoms with Gasteiger partial charge in [-0.1, -0.05) is 39.0 Å². The van der Waals surface area contributed by atoms with Gasteiger partial charge in [0.15, 0.2) is 5.12 Å². The van der Waals surface area contributed by atoms with Crippen LogP contribution in [0.15, 0.2) is 0 Å². The van der Waals surface area contributed by atoms with Crippen LogP contribution in [-0.2, 0) is 4.79 Å². The van der Waals surface area contributed by atoms with Gasteiger partial charge in [-0.05, 0) is 6.42 Å². The minimum absolute atomic E-state index is 0.344. The molecule has 0 N–H and O–H groups in total. The van der Waals surface area contributed by atoms with Crippen LogP contribution in [0.5, 0.6) is 0 Å². The monoisotopic (exact) mass is 160 g/mol. The largest absolute Gasteiger partial charge is 0.287 e. The molecule has 0 aliphatic rings. The van der Waals surface area contributed by atoms with Crippen molar-refractivity contribution in [3.8, 4) is 0 Å². The van der Waals surface area contributed by atoms with Crippen molar-refractivity contribution < 1.29 is 4.79 Å². The zero-order chi connectivity index (χ0) is 7.98. The second kappa shape index (κ2) is 5.78. The Bertz CT molecular complexity index is 99.4. The van der Waals surface area contributed by atoms with Crippen molar-refractivity contribution in [1.82, 2.24) is 0 Å². The summed E-state index contributed by atoms with van der Waals surface area (Å²) in [6.07, 6.45) is 2.91. The van der Waals surface area contributed by atoms with Gasteiger partial charge < -0.3 is 0 Å². The molecule has 60 valence electrons. The summed E-state index contributed by atoms with van der Waals surface area (Å²) >= 11 is 1.46. The first-order valence-electron chi connectivity index (χ1n) is 3.86. The maximum Gasteiger partial charge on any atom is 0.189 e. The number of thioether (sulfide) groups is 1. The summed E-state index contributed by atoms with van der Waals surface area (Å²) in [6.45, 7) is 6.20. The summed E-state index contributed by atoms with van der Waals surface area (Å²) in [5.74, 6) is 0. The molecule has 10 heavy (non-hydrogen) atoms. The van der Waals surface area contributed by atoms with E-state index >= 15 is 0 Å². The standard InChI is InChI=1S/C8H16OS/c1-4-5-6-8(9)10-7(2)3/h7H,4-6H2,1-3H3. The third-order valence-electron chi connectivity index (χ3n) is 1.10. The molecular formula is C8H16OS. The molecule has 0 bridgehead atoms. The van der Waals surface area contributed by atoms with Crippen LogP contribution in [0.3, 0.4) is 0 Å². The van der Waals surface area contributed by atoms with Crippen LogP contribution in [0.25, 0.3) is 0 Å². The Hall–Kier alpha value is 0.0200. The molecule has 0 aliphatic heterocycles. The van der Waals surface area contributed by atoms with Crippen LogP contribution in [0.4, 0.5) is 0 Å². The highest BCUT2D eigenvalue weighted by atomic mass is 32.2. The number of rotatable bonds is 4. The van der Waals surface area contributed by atoms with Gasteiger partial charge in [-0.2, -0.15) is 0 Å². The maximum absolute atomic E-state index is 11.0. The van der Waals surface area contributed by atoms with E-state index in [1.165, 1.54) is 11.8 Å². The van der Waals surface area contributed by atoms with E-state index in [2.05, 4.69) is 20.8 Å². The lowest BCUT2D eigenvalue weighted by molar-refractivity contribution is -0.111. The van der Waals surface area contributed by atoms with E-state index in [0.717, 1.165) is 19.3 Å². The fourth-order valence-electron chi connectivity index (χ4n) is 0.643. The van der Waals surface area contributed by atoms with E-state index in [9.17, 15) is 4.79 Å². The number of carbonyl (C=O) groups excluding carboxylic acids is 1.